The lowest BCUT2D eigenvalue weighted by atomic mass is 9.94. The molecule has 0 bridgehead atoms. The third-order valence-corrected chi connectivity index (χ3v) is 6.15. The second kappa shape index (κ2) is 10.1. The molecule has 1 fully saturated rings. The SMILES string of the molecule is Cc1ccc(/C(O)=C2/C(=O)C(=O)N(Cc3cccnc3)C2c2cccc(OCC(C)C)c2)cc1C. The molecule has 180 valence electrons. The fourth-order valence-electron chi connectivity index (χ4n) is 4.16. The molecule has 1 N–H and O–H groups in total. The van der Waals surface area contributed by atoms with Crippen LogP contribution >= 0.6 is 0 Å². The molecule has 4 rings (SSSR count). The van der Waals surface area contributed by atoms with Crippen LogP contribution in [-0.2, 0) is 16.1 Å². The van der Waals surface area contributed by atoms with Gasteiger partial charge in [0.05, 0.1) is 18.2 Å². The van der Waals surface area contributed by atoms with Crippen molar-refractivity contribution in [3.05, 3.63) is 100 Å². The number of rotatable bonds is 7. The Morgan fingerprint density at radius 3 is 2.54 bits per heavy atom. The third-order valence-electron chi connectivity index (χ3n) is 6.15. The summed E-state index contributed by atoms with van der Waals surface area (Å²) in [6.45, 7) is 8.78. The van der Waals surface area contributed by atoms with Crippen LogP contribution in [0.4, 0.5) is 0 Å². The molecule has 1 atom stereocenters. The monoisotopic (exact) mass is 470 g/mol. The number of nitrogens with zero attached hydrogens (tertiary/aromatic N) is 2. The number of benzene rings is 2. The Hall–Kier alpha value is -3.93. The number of pyridine rings is 1. The Labute approximate surface area is 205 Å². The molecule has 2 aromatic carbocycles. The van der Waals surface area contributed by atoms with Gasteiger partial charge in [-0.25, -0.2) is 0 Å². The predicted molar refractivity (Wildman–Crippen MR) is 135 cm³/mol. The first kappa shape index (κ1) is 24.2. The van der Waals surface area contributed by atoms with Crippen LogP contribution in [0.5, 0.6) is 5.75 Å². The van der Waals surface area contributed by atoms with Gasteiger partial charge in [0.2, 0.25) is 0 Å². The molecule has 1 unspecified atom stereocenters. The highest BCUT2D eigenvalue weighted by Gasteiger charge is 2.46. The lowest BCUT2D eigenvalue weighted by Gasteiger charge is -2.26. The minimum Gasteiger partial charge on any atom is -0.507 e. The van der Waals surface area contributed by atoms with Gasteiger partial charge in [0.1, 0.15) is 11.5 Å². The van der Waals surface area contributed by atoms with E-state index in [-0.39, 0.29) is 17.9 Å². The molecule has 3 aromatic rings. The number of carbonyl (C=O) groups excluding carboxylic acids is 2. The molecule has 1 amide bonds. The number of Topliss-reactive ketones (excluding diaryl/α,β-unsaturated/α-hetero) is 1. The van der Waals surface area contributed by atoms with Gasteiger partial charge in [-0.2, -0.15) is 0 Å². The summed E-state index contributed by atoms with van der Waals surface area (Å²) in [4.78, 5) is 32.2. The van der Waals surface area contributed by atoms with Crippen LogP contribution in [-0.4, -0.2) is 33.3 Å². The summed E-state index contributed by atoms with van der Waals surface area (Å²) < 4.78 is 5.91. The van der Waals surface area contributed by atoms with Crippen molar-refractivity contribution in [1.29, 1.82) is 0 Å². The van der Waals surface area contributed by atoms with Gasteiger partial charge in [0.15, 0.2) is 0 Å². The molecule has 0 spiro atoms. The summed E-state index contributed by atoms with van der Waals surface area (Å²) in [6, 6.07) is 15.7. The lowest BCUT2D eigenvalue weighted by Crippen LogP contribution is -2.29. The van der Waals surface area contributed by atoms with E-state index >= 15 is 0 Å². The predicted octanol–water partition coefficient (Wildman–Crippen LogP) is 5.36. The Kier molecular flexibility index (Phi) is 7.01. The second-order valence-corrected chi connectivity index (χ2v) is 9.36. The van der Waals surface area contributed by atoms with Crippen LogP contribution in [0.3, 0.4) is 0 Å². The van der Waals surface area contributed by atoms with Crippen LogP contribution in [0.2, 0.25) is 0 Å². The Balaban J connectivity index is 1.84. The van der Waals surface area contributed by atoms with Gasteiger partial charge in [-0.3, -0.25) is 14.6 Å². The van der Waals surface area contributed by atoms with E-state index in [1.54, 1.807) is 24.5 Å². The molecule has 0 aliphatic carbocycles. The minimum atomic E-state index is -0.764. The molecule has 35 heavy (non-hydrogen) atoms. The molecule has 2 heterocycles. The van der Waals surface area contributed by atoms with Gasteiger partial charge in [-0.15, -0.1) is 0 Å². The highest BCUT2D eigenvalue weighted by molar-refractivity contribution is 6.46. The molecular weight excluding hydrogens is 440 g/mol. The first-order valence-corrected chi connectivity index (χ1v) is 11.7. The smallest absolute Gasteiger partial charge is 0.295 e. The number of aryl methyl sites for hydroxylation is 2. The first-order valence-electron chi connectivity index (χ1n) is 11.7. The topological polar surface area (TPSA) is 79.7 Å². The number of aliphatic hydroxyl groups excluding tert-OH is 1. The maximum Gasteiger partial charge on any atom is 0.295 e. The molecule has 1 aromatic heterocycles. The molecule has 6 nitrogen and oxygen atoms in total. The summed E-state index contributed by atoms with van der Waals surface area (Å²) in [7, 11) is 0. The van der Waals surface area contributed by atoms with E-state index in [9.17, 15) is 14.7 Å². The van der Waals surface area contributed by atoms with Crippen LogP contribution < -0.4 is 4.74 Å². The number of ether oxygens (including phenoxy) is 1. The van der Waals surface area contributed by atoms with Crippen LogP contribution in [0.25, 0.3) is 5.76 Å². The maximum atomic E-state index is 13.3. The van der Waals surface area contributed by atoms with Gasteiger partial charge >= 0.3 is 0 Å². The van der Waals surface area contributed by atoms with Crippen molar-refractivity contribution < 1.29 is 19.4 Å². The quantitative estimate of drug-likeness (QED) is 0.286. The van der Waals surface area contributed by atoms with E-state index in [0.717, 1.165) is 16.7 Å². The largest absolute Gasteiger partial charge is 0.507 e. The molecule has 1 saturated heterocycles. The van der Waals surface area contributed by atoms with Crippen molar-refractivity contribution in [1.82, 2.24) is 9.88 Å². The van der Waals surface area contributed by atoms with Crippen molar-refractivity contribution >= 4 is 17.4 Å². The summed E-state index contributed by atoms with van der Waals surface area (Å²) >= 11 is 0. The van der Waals surface area contributed by atoms with Gasteiger partial charge < -0.3 is 14.7 Å². The zero-order valence-electron chi connectivity index (χ0n) is 20.5. The fourth-order valence-corrected chi connectivity index (χ4v) is 4.16. The minimum absolute atomic E-state index is 0.0724. The van der Waals surface area contributed by atoms with Crippen LogP contribution in [0.1, 0.15) is 47.7 Å². The molecule has 0 saturated carbocycles. The Morgan fingerprint density at radius 2 is 1.86 bits per heavy atom. The van der Waals surface area contributed by atoms with E-state index in [0.29, 0.717) is 29.4 Å². The Morgan fingerprint density at radius 1 is 1.06 bits per heavy atom. The normalized spacial score (nSPS) is 17.3. The molecule has 6 heteroatoms. The van der Waals surface area contributed by atoms with Gasteiger partial charge in [0, 0.05) is 24.5 Å². The number of ketones is 1. The average Bonchev–Trinajstić information content (AvgIpc) is 3.09. The fraction of sp³-hybridized carbons (Fsp3) is 0.276. The standard InChI is InChI=1S/C29H30N2O4/c1-18(2)17-35-24-9-5-8-22(14-24)26-25(27(32)23-11-10-19(3)20(4)13-23)28(33)29(34)31(26)16-21-7-6-12-30-15-21/h5-15,18,26,32H,16-17H2,1-4H3/b27-25-. The van der Waals surface area contributed by atoms with E-state index in [1.165, 1.54) is 4.90 Å². The summed E-state index contributed by atoms with van der Waals surface area (Å²) in [5.74, 6) is -0.548. The highest BCUT2D eigenvalue weighted by Crippen LogP contribution is 2.41. The molecule has 0 radical (unpaired) electrons. The number of hydrogen-bond donors (Lipinski definition) is 1. The zero-order valence-corrected chi connectivity index (χ0v) is 20.5. The van der Waals surface area contributed by atoms with E-state index in [2.05, 4.69) is 18.8 Å². The van der Waals surface area contributed by atoms with Crippen molar-refractivity contribution in [2.45, 2.75) is 40.3 Å². The Bertz CT molecular complexity index is 1280. The van der Waals surface area contributed by atoms with Gasteiger partial charge in [-0.1, -0.05) is 44.2 Å². The van der Waals surface area contributed by atoms with Crippen molar-refractivity contribution in [3.63, 3.8) is 0 Å². The van der Waals surface area contributed by atoms with E-state index in [1.807, 2.05) is 56.3 Å². The van der Waals surface area contributed by atoms with Crippen LogP contribution in [0.15, 0.2) is 72.6 Å². The van der Waals surface area contributed by atoms with Crippen LogP contribution in [0, 0.1) is 19.8 Å². The van der Waals surface area contributed by atoms with E-state index in [4.69, 9.17) is 4.74 Å². The second-order valence-electron chi connectivity index (χ2n) is 9.36. The zero-order chi connectivity index (χ0) is 25.1. The highest BCUT2D eigenvalue weighted by atomic mass is 16.5. The van der Waals surface area contributed by atoms with Crippen molar-refractivity contribution in [3.8, 4) is 5.75 Å². The number of hydrogen-bond acceptors (Lipinski definition) is 5. The van der Waals surface area contributed by atoms with Gasteiger partial charge in [0.25, 0.3) is 11.7 Å². The van der Waals surface area contributed by atoms with Crippen molar-refractivity contribution in [2.75, 3.05) is 6.61 Å². The average molecular weight is 471 g/mol. The number of amides is 1. The van der Waals surface area contributed by atoms with Gasteiger partial charge in [-0.05, 0) is 66.3 Å². The number of aliphatic hydroxyl groups is 1. The molecular formula is C29H30N2O4. The number of aromatic nitrogens is 1. The molecule has 1 aliphatic rings. The number of likely N-dealkylation sites (tertiary alicyclic amines) is 1. The molecule has 1 aliphatic heterocycles. The summed E-state index contributed by atoms with van der Waals surface area (Å²) in [5.41, 5.74) is 4.12. The summed E-state index contributed by atoms with van der Waals surface area (Å²) in [6.07, 6.45) is 3.33. The number of carbonyl (C=O) groups is 2. The maximum absolute atomic E-state index is 13.3. The summed E-state index contributed by atoms with van der Waals surface area (Å²) in [5, 5.41) is 11.3. The first-order chi connectivity index (χ1) is 16.8. The van der Waals surface area contributed by atoms with E-state index < -0.39 is 17.7 Å². The third kappa shape index (κ3) is 5.11. The lowest BCUT2D eigenvalue weighted by molar-refractivity contribution is -0.140. The van der Waals surface area contributed by atoms with Crippen molar-refractivity contribution in [2.24, 2.45) is 5.92 Å².